The summed E-state index contributed by atoms with van der Waals surface area (Å²) in [5.41, 5.74) is 4.14. The van der Waals surface area contributed by atoms with E-state index >= 15 is 0 Å². The molecule has 2 aromatic rings. The quantitative estimate of drug-likeness (QED) is 0.881. The van der Waals surface area contributed by atoms with Gasteiger partial charge in [-0.3, -0.25) is 4.98 Å². The zero-order valence-corrected chi connectivity index (χ0v) is 10.4. The summed E-state index contributed by atoms with van der Waals surface area (Å²) in [7, 11) is 0. The van der Waals surface area contributed by atoms with Gasteiger partial charge in [0.1, 0.15) is 0 Å². The number of hydrogen-bond acceptors (Lipinski definition) is 3. The summed E-state index contributed by atoms with van der Waals surface area (Å²) in [6, 6.07) is 2.84. The predicted octanol–water partition coefficient (Wildman–Crippen LogP) is 2.71. The summed E-state index contributed by atoms with van der Waals surface area (Å²) in [4.78, 5) is 3.72. The Kier molecular flexibility index (Phi) is 5.44. The lowest BCUT2D eigenvalue weighted by atomic mass is 10.3. The molecule has 2 rings (SSSR count). The molecular weight excluding hydrogens is 292 g/mol. The SMILES string of the molecule is Cl.Cl.Nc1cnn(-c2ccncc2)c1C(F)(F)F. The second-order valence-electron chi connectivity index (χ2n) is 3.06. The first-order valence-electron chi connectivity index (χ1n) is 4.31. The van der Waals surface area contributed by atoms with Crippen molar-refractivity contribution in [2.24, 2.45) is 0 Å². The molecule has 4 nitrogen and oxygen atoms in total. The Morgan fingerprint density at radius 3 is 2.17 bits per heavy atom. The number of pyridine rings is 1. The van der Waals surface area contributed by atoms with Crippen molar-refractivity contribution in [2.75, 3.05) is 5.73 Å². The fourth-order valence-electron chi connectivity index (χ4n) is 1.33. The lowest BCUT2D eigenvalue weighted by Gasteiger charge is -2.10. The maximum absolute atomic E-state index is 12.7. The highest BCUT2D eigenvalue weighted by Gasteiger charge is 2.38. The van der Waals surface area contributed by atoms with Crippen LogP contribution in [-0.2, 0) is 6.18 Å². The first-order chi connectivity index (χ1) is 7.50. The maximum Gasteiger partial charge on any atom is 0.435 e. The van der Waals surface area contributed by atoms with E-state index in [-0.39, 0.29) is 30.5 Å². The van der Waals surface area contributed by atoms with Gasteiger partial charge >= 0.3 is 6.18 Å². The van der Waals surface area contributed by atoms with Crippen LogP contribution in [0.15, 0.2) is 30.7 Å². The average Bonchev–Trinajstić information content (AvgIpc) is 2.61. The molecule has 9 heteroatoms. The minimum Gasteiger partial charge on any atom is -0.396 e. The van der Waals surface area contributed by atoms with Crippen LogP contribution in [0.3, 0.4) is 0 Å². The van der Waals surface area contributed by atoms with Gasteiger partial charge in [0.05, 0.1) is 17.6 Å². The Morgan fingerprint density at radius 1 is 1.11 bits per heavy atom. The van der Waals surface area contributed by atoms with Gasteiger partial charge in [0.25, 0.3) is 0 Å². The van der Waals surface area contributed by atoms with E-state index in [0.717, 1.165) is 10.9 Å². The number of rotatable bonds is 1. The van der Waals surface area contributed by atoms with Crippen LogP contribution in [0.5, 0.6) is 0 Å². The minimum atomic E-state index is -4.54. The molecule has 18 heavy (non-hydrogen) atoms. The average molecular weight is 301 g/mol. The highest BCUT2D eigenvalue weighted by molar-refractivity contribution is 5.85. The summed E-state index contributed by atoms with van der Waals surface area (Å²) < 4.78 is 38.8. The van der Waals surface area contributed by atoms with Crippen LogP contribution in [0.2, 0.25) is 0 Å². The van der Waals surface area contributed by atoms with Gasteiger partial charge in [-0.15, -0.1) is 24.8 Å². The number of nitrogens with zero attached hydrogens (tertiary/aromatic N) is 3. The van der Waals surface area contributed by atoms with Crippen LogP contribution in [0.25, 0.3) is 5.69 Å². The van der Waals surface area contributed by atoms with Gasteiger partial charge in [-0.05, 0) is 12.1 Å². The van der Waals surface area contributed by atoms with E-state index in [2.05, 4.69) is 10.1 Å². The van der Waals surface area contributed by atoms with Gasteiger partial charge in [0.2, 0.25) is 0 Å². The summed E-state index contributed by atoms with van der Waals surface area (Å²) in [6.07, 6.45) is -0.798. The van der Waals surface area contributed by atoms with E-state index in [1.54, 1.807) is 0 Å². The molecule has 2 heterocycles. The third kappa shape index (κ3) is 3.05. The number of halogens is 5. The second kappa shape index (κ2) is 5.92. The van der Waals surface area contributed by atoms with Crippen molar-refractivity contribution >= 4 is 30.5 Å². The Balaban J connectivity index is 0.00000144. The Labute approximate surface area is 113 Å². The molecule has 0 bridgehead atoms. The monoisotopic (exact) mass is 300 g/mol. The summed E-state index contributed by atoms with van der Waals surface area (Å²) in [5.74, 6) is 0. The summed E-state index contributed by atoms with van der Waals surface area (Å²) in [5, 5.41) is 3.60. The lowest BCUT2D eigenvalue weighted by molar-refractivity contribution is -0.142. The first kappa shape index (κ1) is 16.5. The van der Waals surface area contributed by atoms with Crippen molar-refractivity contribution in [2.45, 2.75) is 6.18 Å². The van der Waals surface area contributed by atoms with E-state index in [1.807, 2.05) is 0 Å². The molecule has 0 aliphatic carbocycles. The third-order valence-electron chi connectivity index (χ3n) is 1.97. The van der Waals surface area contributed by atoms with E-state index in [1.165, 1.54) is 24.5 Å². The molecule has 2 N–H and O–H groups in total. The van der Waals surface area contributed by atoms with Crippen molar-refractivity contribution in [3.05, 3.63) is 36.4 Å². The van der Waals surface area contributed by atoms with E-state index in [9.17, 15) is 13.2 Å². The fraction of sp³-hybridized carbons (Fsp3) is 0.111. The molecule has 100 valence electrons. The van der Waals surface area contributed by atoms with Crippen LogP contribution >= 0.6 is 24.8 Å². The van der Waals surface area contributed by atoms with Crippen molar-refractivity contribution < 1.29 is 13.2 Å². The van der Waals surface area contributed by atoms with Crippen LogP contribution in [-0.4, -0.2) is 14.8 Å². The smallest absolute Gasteiger partial charge is 0.396 e. The van der Waals surface area contributed by atoms with Gasteiger partial charge in [0, 0.05) is 12.4 Å². The number of nitrogens with two attached hydrogens (primary N) is 1. The molecule has 0 radical (unpaired) electrons. The number of alkyl halides is 3. The van der Waals surface area contributed by atoms with Crippen LogP contribution in [0.1, 0.15) is 5.69 Å². The summed E-state index contributed by atoms with van der Waals surface area (Å²) in [6.45, 7) is 0. The van der Waals surface area contributed by atoms with Crippen LogP contribution < -0.4 is 5.73 Å². The molecule has 0 aliphatic rings. The van der Waals surface area contributed by atoms with E-state index < -0.39 is 17.6 Å². The normalized spacial score (nSPS) is 10.4. The molecule has 0 atom stereocenters. The van der Waals surface area contributed by atoms with Crippen molar-refractivity contribution in [3.8, 4) is 5.69 Å². The van der Waals surface area contributed by atoms with Crippen LogP contribution in [0, 0.1) is 0 Å². The standard InChI is InChI=1S/C9H7F3N4.2ClH/c10-9(11,12)8-7(13)5-15-16(8)6-1-3-14-4-2-6;;/h1-5H,13H2;2*1H. The third-order valence-corrected chi connectivity index (χ3v) is 1.97. The number of nitrogen functional groups attached to an aromatic ring is 1. The van der Waals surface area contributed by atoms with Gasteiger partial charge < -0.3 is 5.73 Å². The van der Waals surface area contributed by atoms with Crippen molar-refractivity contribution in [3.63, 3.8) is 0 Å². The van der Waals surface area contributed by atoms with Crippen molar-refractivity contribution in [1.29, 1.82) is 0 Å². The zero-order valence-electron chi connectivity index (χ0n) is 8.76. The van der Waals surface area contributed by atoms with Crippen molar-refractivity contribution in [1.82, 2.24) is 14.8 Å². The largest absolute Gasteiger partial charge is 0.435 e. The molecule has 0 spiro atoms. The zero-order chi connectivity index (χ0) is 11.8. The molecule has 0 aliphatic heterocycles. The van der Waals surface area contributed by atoms with Gasteiger partial charge in [-0.1, -0.05) is 0 Å². The Morgan fingerprint density at radius 2 is 1.67 bits per heavy atom. The van der Waals surface area contributed by atoms with Gasteiger partial charge in [-0.25, -0.2) is 4.68 Å². The Bertz CT molecular complexity index is 498. The lowest BCUT2D eigenvalue weighted by Crippen LogP contribution is -2.15. The first-order valence-corrected chi connectivity index (χ1v) is 4.31. The highest BCUT2D eigenvalue weighted by atomic mass is 35.5. The van der Waals surface area contributed by atoms with Gasteiger partial charge in [-0.2, -0.15) is 18.3 Å². The topological polar surface area (TPSA) is 56.7 Å². The fourth-order valence-corrected chi connectivity index (χ4v) is 1.33. The molecule has 0 saturated carbocycles. The number of aromatic nitrogens is 3. The van der Waals surface area contributed by atoms with E-state index in [0.29, 0.717) is 0 Å². The number of hydrogen-bond donors (Lipinski definition) is 1. The highest BCUT2D eigenvalue weighted by Crippen LogP contribution is 2.34. The molecule has 0 saturated heterocycles. The second-order valence-corrected chi connectivity index (χ2v) is 3.06. The predicted molar refractivity (Wildman–Crippen MR) is 65.3 cm³/mol. The maximum atomic E-state index is 12.7. The minimum absolute atomic E-state index is 0. The Hall–Kier alpha value is -1.47. The molecule has 0 unspecified atom stereocenters. The van der Waals surface area contributed by atoms with E-state index in [4.69, 9.17) is 5.73 Å². The van der Waals surface area contributed by atoms with Crippen LogP contribution in [0.4, 0.5) is 18.9 Å². The van der Waals surface area contributed by atoms with Gasteiger partial charge in [0.15, 0.2) is 5.69 Å². The summed E-state index contributed by atoms with van der Waals surface area (Å²) >= 11 is 0. The molecular formula is C9H9Cl2F3N4. The molecule has 2 aromatic heterocycles. The molecule has 0 aromatic carbocycles. The molecule has 0 amide bonds. The molecule has 0 fully saturated rings. The number of anilines is 1.